The summed E-state index contributed by atoms with van der Waals surface area (Å²) in [5, 5.41) is 0. The van der Waals surface area contributed by atoms with Crippen molar-refractivity contribution in [2.45, 2.75) is 26.4 Å². The third-order valence-corrected chi connectivity index (χ3v) is 1.62. The van der Waals surface area contributed by atoms with Crippen LogP contribution in [-0.2, 0) is 0 Å². The zero-order valence-corrected chi connectivity index (χ0v) is 6.92. The van der Waals surface area contributed by atoms with E-state index in [2.05, 4.69) is 5.73 Å². The summed E-state index contributed by atoms with van der Waals surface area (Å²) in [5.74, 6) is 0. The molecule has 0 bridgehead atoms. The average Bonchev–Trinajstić information content (AvgIpc) is 1.82. The predicted octanol–water partition coefficient (Wildman–Crippen LogP) is 3.37. The Morgan fingerprint density at radius 2 is 1.92 bits per heavy atom. The summed E-state index contributed by atoms with van der Waals surface area (Å²) in [6.45, 7) is 3.27. The van der Waals surface area contributed by atoms with E-state index in [1.165, 1.54) is 0 Å². The van der Waals surface area contributed by atoms with Gasteiger partial charge in [-0.2, -0.15) is 13.2 Å². The molecule has 0 nitrogen and oxygen atoms in total. The standard InChI is InChI=1S/C9H9F3/c1-6-3-7(2)5-8(4-6)9(10,11)12/h4H,5H2,1-2H3. The van der Waals surface area contributed by atoms with Crippen LogP contribution >= 0.6 is 0 Å². The van der Waals surface area contributed by atoms with Gasteiger partial charge in [0.1, 0.15) is 0 Å². The van der Waals surface area contributed by atoms with Gasteiger partial charge in [0, 0.05) is 12.0 Å². The van der Waals surface area contributed by atoms with Crippen LogP contribution in [0, 0.1) is 0 Å². The summed E-state index contributed by atoms with van der Waals surface area (Å²) in [5.41, 5.74) is 3.55. The Balaban J connectivity index is 2.98. The molecule has 1 rings (SSSR count). The molecule has 0 N–H and O–H groups in total. The molecule has 0 saturated carbocycles. The fourth-order valence-corrected chi connectivity index (χ4v) is 1.20. The number of allylic oxidation sites excluding steroid dienone is 3. The van der Waals surface area contributed by atoms with Crippen molar-refractivity contribution in [3.8, 4) is 0 Å². The SMILES string of the molecule is CC1=C=C(C)CC(C(F)(F)F)=C1. The first kappa shape index (κ1) is 9.14. The van der Waals surface area contributed by atoms with E-state index in [4.69, 9.17) is 0 Å². The van der Waals surface area contributed by atoms with Gasteiger partial charge in [0.05, 0.1) is 0 Å². The summed E-state index contributed by atoms with van der Waals surface area (Å²) >= 11 is 0. The number of hydrogen-bond donors (Lipinski definition) is 0. The van der Waals surface area contributed by atoms with Crippen molar-refractivity contribution in [1.29, 1.82) is 0 Å². The zero-order chi connectivity index (χ0) is 9.35. The lowest BCUT2D eigenvalue weighted by atomic mass is 9.99. The Bertz CT molecular complexity index is 285. The normalized spacial score (nSPS) is 18.2. The van der Waals surface area contributed by atoms with Gasteiger partial charge in [-0.25, -0.2) is 0 Å². The minimum Gasteiger partial charge on any atom is -0.166 e. The van der Waals surface area contributed by atoms with Crippen molar-refractivity contribution in [1.82, 2.24) is 0 Å². The van der Waals surface area contributed by atoms with E-state index in [-0.39, 0.29) is 6.42 Å². The van der Waals surface area contributed by atoms with Crippen LogP contribution in [0.1, 0.15) is 20.3 Å². The van der Waals surface area contributed by atoms with E-state index in [0.29, 0.717) is 11.1 Å². The fraction of sp³-hybridized carbons (Fsp3) is 0.444. The van der Waals surface area contributed by atoms with Crippen LogP contribution < -0.4 is 0 Å². The molecule has 0 aromatic carbocycles. The number of halogens is 3. The van der Waals surface area contributed by atoms with E-state index in [1.54, 1.807) is 13.8 Å². The second-order valence-corrected chi connectivity index (χ2v) is 2.93. The Labute approximate surface area is 69.1 Å². The molecule has 0 radical (unpaired) electrons. The fourth-order valence-electron chi connectivity index (χ4n) is 1.20. The third-order valence-electron chi connectivity index (χ3n) is 1.62. The highest BCUT2D eigenvalue weighted by atomic mass is 19.4. The number of rotatable bonds is 0. The van der Waals surface area contributed by atoms with E-state index in [1.807, 2.05) is 0 Å². The van der Waals surface area contributed by atoms with Gasteiger partial charge in [-0.1, -0.05) is 0 Å². The summed E-state index contributed by atoms with van der Waals surface area (Å²) in [7, 11) is 0. The molecular formula is C9H9F3. The maximum absolute atomic E-state index is 12.2. The first-order valence-electron chi connectivity index (χ1n) is 3.60. The van der Waals surface area contributed by atoms with Crippen molar-refractivity contribution < 1.29 is 13.2 Å². The summed E-state index contributed by atoms with van der Waals surface area (Å²) in [6.07, 6.45) is -3.07. The van der Waals surface area contributed by atoms with Gasteiger partial charge < -0.3 is 0 Å². The highest BCUT2D eigenvalue weighted by Gasteiger charge is 2.33. The Morgan fingerprint density at radius 3 is 2.33 bits per heavy atom. The summed E-state index contributed by atoms with van der Waals surface area (Å²) < 4.78 is 36.5. The largest absolute Gasteiger partial charge is 0.413 e. The molecule has 0 spiro atoms. The van der Waals surface area contributed by atoms with Crippen molar-refractivity contribution in [2.24, 2.45) is 0 Å². The monoisotopic (exact) mass is 174 g/mol. The van der Waals surface area contributed by atoms with Crippen LogP contribution in [0.2, 0.25) is 0 Å². The van der Waals surface area contributed by atoms with Gasteiger partial charge in [0.2, 0.25) is 0 Å². The van der Waals surface area contributed by atoms with Crippen LogP contribution in [0.25, 0.3) is 0 Å². The number of hydrogen-bond acceptors (Lipinski definition) is 0. The van der Waals surface area contributed by atoms with E-state index >= 15 is 0 Å². The average molecular weight is 174 g/mol. The molecular weight excluding hydrogens is 165 g/mol. The van der Waals surface area contributed by atoms with Gasteiger partial charge in [0.15, 0.2) is 0 Å². The molecule has 0 unspecified atom stereocenters. The second-order valence-electron chi connectivity index (χ2n) is 2.93. The Morgan fingerprint density at radius 1 is 1.33 bits per heavy atom. The van der Waals surface area contributed by atoms with Crippen LogP contribution in [0.5, 0.6) is 0 Å². The first-order chi connectivity index (χ1) is 5.39. The minimum absolute atomic E-state index is 0.0269. The van der Waals surface area contributed by atoms with E-state index in [9.17, 15) is 13.2 Å². The molecule has 0 aromatic heterocycles. The maximum atomic E-state index is 12.2. The van der Waals surface area contributed by atoms with Gasteiger partial charge in [-0.05, 0) is 31.1 Å². The van der Waals surface area contributed by atoms with Crippen molar-refractivity contribution in [3.05, 3.63) is 28.5 Å². The minimum atomic E-state index is -4.19. The quantitative estimate of drug-likeness (QED) is 0.494. The van der Waals surface area contributed by atoms with E-state index < -0.39 is 11.7 Å². The lowest BCUT2D eigenvalue weighted by Gasteiger charge is -2.13. The molecule has 1 aliphatic rings. The smallest absolute Gasteiger partial charge is 0.166 e. The lowest BCUT2D eigenvalue weighted by molar-refractivity contribution is -0.0932. The van der Waals surface area contributed by atoms with E-state index in [0.717, 1.165) is 6.08 Å². The van der Waals surface area contributed by atoms with Gasteiger partial charge in [-0.15, -0.1) is 5.73 Å². The van der Waals surface area contributed by atoms with Crippen LogP contribution in [-0.4, -0.2) is 6.18 Å². The molecule has 0 heterocycles. The molecule has 3 heteroatoms. The molecule has 0 saturated heterocycles. The van der Waals surface area contributed by atoms with Crippen molar-refractivity contribution in [3.63, 3.8) is 0 Å². The molecule has 12 heavy (non-hydrogen) atoms. The van der Waals surface area contributed by atoms with Crippen LogP contribution in [0.15, 0.2) is 28.5 Å². The predicted molar refractivity (Wildman–Crippen MR) is 40.6 cm³/mol. The molecule has 0 aliphatic heterocycles. The summed E-state index contributed by atoms with van der Waals surface area (Å²) in [4.78, 5) is 0. The molecule has 1 aliphatic carbocycles. The Kier molecular flexibility index (Phi) is 2.16. The molecule has 66 valence electrons. The van der Waals surface area contributed by atoms with Crippen LogP contribution in [0.4, 0.5) is 13.2 Å². The van der Waals surface area contributed by atoms with Crippen LogP contribution in [0.3, 0.4) is 0 Å². The first-order valence-corrected chi connectivity index (χ1v) is 3.60. The zero-order valence-electron chi connectivity index (χ0n) is 6.92. The second kappa shape index (κ2) is 2.83. The van der Waals surface area contributed by atoms with Crippen molar-refractivity contribution >= 4 is 0 Å². The highest BCUT2D eigenvalue weighted by Crippen LogP contribution is 2.32. The summed E-state index contributed by atoms with van der Waals surface area (Å²) in [6, 6.07) is 0. The van der Waals surface area contributed by atoms with Gasteiger partial charge in [-0.3, -0.25) is 0 Å². The third kappa shape index (κ3) is 2.02. The highest BCUT2D eigenvalue weighted by molar-refractivity contribution is 5.33. The number of alkyl halides is 3. The van der Waals surface area contributed by atoms with Gasteiger partial charge >= 0.3 is 6.18 Å². The maximum Gasteiger partial charge on any atom is 0.413 e. The lowest BCUT2D eigenvalue weighted by Crippen LogP contribution is -2.13. The molecule has 0 aromatic rings. The Hall–Kier alpha value is -0.950. The van der Waals surface area contributed by atoms with Gasteiger partial charge in [0.25, 0.3) is 0 Å². The topological polar surface area (TPSA) is 0 Å². The van der Waals surface area contributed by atoms with Crippen molar-refractivity contribution in [2.75, 3.05) is 0 Å². The molecule has 0 amide bonds. The molecule has 0 atom stereocenters. The molecule has 0 fully saturated rings.